The summed E-state index contributed by atoms with van der Waals surface area (Å²) >= 11 is 5.84. The Balaban J connectivity index is 1.74. The van der Waals surface area contributed by atoms with E-state index >= 15 is 0 Å². The lowest BCUT2D eigenvalue weighted by molar-refractivity contribution is 0.0748. The lowest BCUT2D eigenvalue weighted by atomic mass is 10.1. The molecule has 2 bridgehead atoms. The molecule has 18 heavy (non-hydrogen) atoms. The first-order chi connectivity index (χ1) is 8.72. The Labute approximate surface area is 112 Å². The number of hydrogen-bond donors (Lipinski definition) is 1. The minimum absolute atomic E-state index is 0.126. The first kappa shape index (κ1) is 12.0. The predicted octanol–water partition coefficient (Wildman–Crippen LogP) is 2.31. The highest BCUT2D eigenvalue weighted by molar-refractivity contribution is 6.30. The van der Waals surface area contributed by atoms with E-state index in [1.807, 2.05) is 4.90 Å². The molecule has 2 unspecified atom stereocenters. The summed E-state index contributed by atoms with van der Waals surface area (Å²) in [5.41, 5.74) is 0.733. The minimum atomic E-state index is 0.126. The van der Waals surface area contributed by atoms with Crippen LogP contribution in [0.15, 0.2) is 24.3 Å². The van der Waals surface area contributed by atoms with Gasteiger partial charge in [0.2, 0.25) is 0 Å². The van der Waals surface area contributed by atoms with Crippen LogP contribution in [-0.2, 0) is 0 Å². The molecule has 1 aromatic rings. The molecule has 3 rings (SSSR count). The molecule has 3 nitrogen and oxygen atoms in total. The zero-order chi connectivity index (χ0) is 12.5. The average molecular weight is 265 g/mol. The molecule has 2 heterocycles. The van der Waals surface area contributed by atoms with Crippen LogP contribution in [-0.4, -0.2) is 36.0 Å². The van der Waals surface area contributed by atoms with Crippen LogP contribution in [0.3, 0.4) is 0 Å². The molecule has 0 spiro atoms. The van der Waals surface area contributed by atoms with Gasteiger partial charge in [0, 0.05) is 35.8 Å². The van der Waals surface area contributed by atoms with Crippen LogP contribution >= 0.6 is 11.6 Å². The summed E-state index contributed by atoms with van der Waals surface area (Å²) in [4.78, 5) is 14.4. The minimum Gasteiger partial charge on any atom is -0.337 e. The summed E-state index contributed by atoms with van der Waals surface area (Å²) in [6.07, 6.45) is 3.51. The molecule has 2 aliphatic heterocycles. The lowest BCUT2D eigenvalue weighted by Crippen LogP contribution is -2.39. The van der Waals surface area contributed by atoms with Crippen molar-refractivity contribution >= 4 is 17.5 Å². The second kappa shape index (κ2) is 4.90. The third-order valence-electron chi connectivity index (χ3n) is 3.90. The number of carbonyl (C=O) groups excluding carboxylic acids is 1. The van der Waals surface area contributed by atoms with Gasteiger partial charge < -0.3 is 10.2 Å². The average Bonchev–Trinajstić information content (AvgIpc) is 2.69. The van der Waals surface area contributed by atoms with Crippen LogP contribution < -0.4 is 5.32 Å². The highest BCUT2D eigenvalue weighted by Gasteiger charge is 2.31. The largest absolute Gasteiger partial charge is 0.337 e. The summed E-state index contributed by atoms with van der Waals surface area (Å²) < 4.78 is 0. The van der Waals surface area contributed by atoms with E-state index < -0.39 is 0 Å². The van der Waals surface area contributed by atoms with Crippen molar-refractivity contribution in [1.29, 1.82) is 0 Å². The molecule has 0 aromatic heterocycles. The van der Waals surface area contributed by atoms with Gasteiger partial charge in [0.15, 0.2) is 0 Å². The molecule has 2 atom stereocenters. The summed E-state index contributed by atoms with van der Waals surface area (Å²) in [5.74, 6) is 0.126. The van der Waals surface area contributed by atoms with Crippen molar-refractivity contribution in [3.8, 4) is 0 Å². The number of nitrogens with zero attached hydrogens (tertiary/aromatic N) is 1. The molecule has 2 saturated heterocycles. The van der Waals surface area contributed by atoms with Gasteiger partial charge in [-0.15, -0.1) is 0 Å². The third-order valence-corrected chi connectivity index (χ3v) is 4.15. The van der Waals surface area contributed by atoms with Gasteiger partial charge in [0.25, 0.3) is 5.91 Å². The van der Waals surface area contributed by atoms with Gasteiger partial charge in [0.05, 0.1) is 0 Å². The quantitative estimate of drug-likeness (QED) is 0.844. The van der Waals surface area contributed by atoms with E-state index in [0.29, 0.717) is 17.1 Å². The molecule has 4 heteroatoms. The molecule has 0 saturated carbocycles. The van der Waals surface area contributed by atoms with Crippen molar-refractivity contribution in [2.24, 2.45) is 0 Å². The van der Waals surface area contributed by atoms with E-state index in [2.05, 4.69) is 5.32 Å². The topological polar surface area (TPSA) is 32.3 Å². The molecule has 1 N–H and O–H groups in total. The van der Waals surface area contributed by atoms with Crippen molar-refractivity contribution < 1.29 is 4.79 Å². The van der Waals surface area contributed by atoms with Crippen LogP contribution in [0.5, 0.6) is 0 Å². The lowest BCUT2D eigenvalue weighted by Gasteiger charge is -2.24. The van der Waals surface area contributed by atoms with Crippen LogP contribution in [0.25, 0.3) is 0 Å². The Morgan fingerprint density at radius 3 is 2.67 bits per heavy atom. The molecule has 2 aliphatic rings. The smallest absolute Gasteiger partial charge is 0.253 e. The number of fused-ring (bicyclic) bond motifs is 2. The van der Waals surface area contributed by atoms with Crippen molar-refractivity contribution in [2.75, 3.05) is 13.1 Å². The van der Waals surface area contributed by atoms with Crippen LogP contribution in [0.1, 0.15) is 29.6 Å². The number of carbonyl (C=O) groups is 1. The van der Waals surface area contributed by atoms with Crippen LogP contribution in [0.4, 0.5) is 0 Å². The van der Waals surface area contributed by atoms with Gasteiger partial charge in [-0.25, -0.2) is 0 Å². The normalized spacial score (nSPS) is 27.1. The maximum Gasteiger partial charge on any atom is 0.253 e. The van der Waals surface area contributed by atoms with Crippen LogP contribution in [0, 0.1) is 0 Å². The maximum absolute atomic E-state index is 12.4. The molecule has 0 aliphatic carbocycles. The molecule has 96 valence electrons. The number of benzene rings is 1. The zero-order valence-electron chi connectivity index (χ0n) is 10.2. The van der Waals surface area contributed by atoms with E-state index in [9.17, 15) is 4.79 Å². The van der Waals surface area contributed by atoms with E-state index in [4.69, 9.17) is 11.6 Å². The Morgan fingerprint density at radius 1 is 1.17 bits per heavy atom. The molecule has 1 amide bonds. The fourth-order valence-electron chi connectivity index (χ4n) is 2.90. The molecule has 0 radical (unpaired) electrons. The summed E-state index contributed by atoms with van der Waals surface area (Å²) in [7, 11) is 0. The van der Waals surface area contributed by atoms with E-state index in [1.54, 1.807) is 24.3 Å². The maximum atomic E-state index is 12.4. The van der Waals surface area contributed by atoms with Gasteiger partial charge in [0.1, 0.15) is 0 Å². The van der Waals surface area contributed by atoms with Gasteiger partial charge in [-0.05, 0) is 43.5 Å². The summed E-state index contributed by atoms with van der Waals surface area (Å²) in [6, 6.07) is 8.25. The van der Waals surface area contributed by atoms with E-state index in [0.717, 1.165) is 25.1 Å². The fraction of sp³-hybridized carbons (Fsp3) is 0.500. The molecule has 1 aromatic carbocycles. The van der Waals surface area contributed by atoms with Crippen molar-refractivity contribution in [1.82, 2.24) is 10.2 Å². The Kier molecular flexibility index (Phi) is 3.27. The number of hydrogen-bond acceptors (Lipinski definition) is 2. The van der Waals surface area contributed by atoms with Crippen LogP contribution in [0.2, 0.25) is 5.02 Å². The monoisotopic (exact) mass is 264 g/mol. The molecular formula is C14H17ClN2O. The Morgan fingerprint density at radius 2 is 1.89 bits per heavy atom. The second-order valence-corrected chi connectivity index (χ2v) is 5.62. The number of amides is 1. The Bertz CT molecular complexity index is 446. The number of likely N-dealkylation sites (tertiary alicyclic amines) is 1. The number of halogens is 1. The van der Waals surface area contributed by atoms with Crippen molar-refractivity contribution in [3.05, 3.63) is 34.9 Å². The first-order valence-electron chi connectivity index (χ1n) is 6.53. The summed E-state index contributed by atoms with van der Waals surface area (Å²) in [6.45, 7) is 1.69. The number of nitrogens with one attached hydrogen (secondary N) is 1. The van der Waals surface area contributed by atoms with E-state index in [-0.39, 0.29) is 5.91 Å². The fourth-order valence-corrected chi connectivity index (χ4v) is 3.03. The van der Waals surface area contributed by atoms with Gasteiger partial charge in [-0.1, -0.05) is 11.6 Å². The summed E-state index contributed by atoms with van der Waals surface area (Å²) in [5, 5.41) is 4.25. The highest BCUT2D eigenvalue weighted by atomic mass is 35.5. The van der Waals surface area contributed by atoms with Gasteiger partial charge >= 0.3 is 0 Å². The molecular weight excluding hydrogens is 248 g/mol. The third kappa shape index (κ3) is 2.38. The van der Waals surface area contributed by atoms with Gasteiger partial charge in [-0.3, -0.25) is 4.79 Å². The highest BCUT2D eigenvalue weighted by Crippen LogP contribution is 2.21. The zero-order valence-corrected chi connectivity index (χ0v) is 11.0. The number of rotatable bonds is 1. The predicted molar refractivity (Wildman–Crippen MR) is 71.9 cm³/mol. The molecule has 2 fully saturated rings. The van der Waals surface area contributed by atoms with Gasteiger partial charge in [-0.2, -0.15) is 0 Å². The van der Waals surface area contributed by atoms with E-state index in [1.165, 1.54) is 12.8 Å². The Hall–Kier alpha value is -1.06. The van der Waals surface area contributed by atoms with Crippen molar-refractivity contribution in [2.45, 2.75) is 31.3 Å². The van der Waals surface area contributed by atoms with Crippen molar-refractivity contribution in [3.63, 3.8) is 0 Å². The SMILES string of the molecule is O=C(c1ccc(Cl)cc1)N1CCC2CCC(C1)N2. The second-order valence-electron chi connectivity index (χ2n) is 5.18. The first-order valence-corrected chi connectivity index (χ1v) is 6.91. The standard InChI is InChI=1S/C14H17ClN2O/c15-11-3-1-10(2-4-11)14(18)17-8-7-12-5-6-13(9-17)16-12/h1-4,12-13,16H,5-9H2.